The number of aryl methyl sites for hydroxylation is 1. The van der Waals surface area contributed by atoms with Crippen LogP contribution in [0.5, 0.6) is 0 Å². The lowest BCUT2D eigenvalue weighted by molar-refractivity contribution is -0.138. The number of carboxylic acids is 1. The van der Waals surface area contributed by atoms with Gasteiger partial charge >= 0.3 is 12.0 Å². The lowest BCUT2D eigenvalue weighted by Gasteiger charge is -2.12. The summed E-state index contributed by atoms with van der Waals surface area (Å²) >= 11 is 0. The van der Waals surface area contributed by atoms with Gasteiger partial charge in [0.05, 0.1) is 11.6 Å². The van der Waals surface area contributed by atoms with E-state index in [2.05, 4.69) is 10.6 Å². The van der Waals surface area contributed by atoms with Gasteiger partial charge in [-0.2, -0.15) is 5.26 Å². The molecule has 6 nitrogen and oxygen atoms in total. The molecule has 0 saturated heterocycles. The van der Waals surface area contributed by atoms with Gasteiger partial charge in [-0.25, -0.2) is 4.79 Å². The molecule has 18 heavy (non-hydrogen) atoms. The van der Waals surface area contributed by atoms with Crippen LogP contribution in [-0.2, 0) is 4.79 Å². The second kappa shape index (κ2) is 5.68. The molecule has 0 aromatic heterocycles. The van der Waals surface area contributed by atoms with Crippen molar-refractivity contribution >= 4 is 17.7 Å². The van der Waals surface area contributed by atoms with Gasteiger partial charge in [-0.1, -0.05) is 6.07 Å². The molecule has 2 amide bonds. The van der Waals surface area contributed by atoms with Crippen LogP contribution in [0, 0.1) is 18.3 Å². The number of amides is 2. The Morgan fingerprint density at radius 2 is 2.11 bits per heavy atom. The molecule has 0 aliphatic carbocycles. The number of urea groups is 1. The van der Waals surface area contributed by atoms with E-state index in [-0.39, 0.29) is 0 Å². The minimum Gasteiger partial charge on any atom is -0.480 e. The first-order valence-electron chi connectivity index (χ1n) is 5.25. The normalized spacial score (nSPS) is 11.2. The SMILES string of the molecule is Cc1ccc(C#N)cc1NC(=O)N[C@H](C)C(=O)O. The number of hydrogen-bond acceptors (Lipinski definition) is 3. The first kappa shape index (κ1) is 13.5. The lowest BCUT2D eigenvalue weighted by Crippen LogP contribution is -2.40. The summed E-state index contributed by atoms with van der Waals surface area (Å²) in [5, 5.41) is 22.2. The summed E-state index contributed by atoms with van der Waals surface area (Å²) in [4.78, 5) is 22.1. The summed E-state index contributed by atoms with van der Waals surface area (Å²) < 4.78 is 0. The summed E-state index contributed by atoms with van der Waals surface area (Å²) in [6, 6.07) is 5.23. The molecular weight excluding hydrogens is 234 g/mol. The number of hydrogen-bond donors (Lipinski definition) is 3. The summed E-state index contributed by atoms with van der Waals surface area (Å²) in [7, 11) is 0. The number of carbonyl (C=O) groups is 2. The Morgan fingerprint density at radius 1 is 1.44 bits per heavy atom. The van der Waals surface area contributed by atoms with Crippen LogP contribution in [0.1, 0.15) is 18.1 Å². The van der Waals surface area contributed by atoms with Gasteiger partial charge in [-0.15, -0.1) is 0 Å². The fraction of sp³-hybridized carbons (Fsp3) is 0.250. The lowest BCUT2D eigenvalue weighted by atomic mass is 10.1. The van der Waals surface area contributed by atoms with Gasteiger partial charge in [0.2, 0.25) is 0 Å². The molecule has 0 aliphatic rings. The second-order valence-corrected chi connectivity index (χ2v) is 3.80. The Balaban J connectivity index is 2.76. The number of benzene rings is 1. The quantitative estimate of drug-likeness (QED) is 0.752. The Morgan fingerprint density at radius 3 is 2.67 bits per heavy atom. The van der Waals surface area contributed by atoms with Crippen molar-refractivity contribution < 1.29 is 14.7 Å². The van der Waals surface area contributed by atoms with Crippen molar-refractivity contribution in [2.75, 3.05) is 5.32 Å². The summed E-state index contributed by atoms with van der Waals surface area (Å²) in [6.07, 6.45) is 0. The van der Waals surface area contributed by atoms with Gasteiger partial charge < -0.3 is 15.7 Å². The molecule has 0 bridgehead atoms. The maximum absolute atomic E-state index is 11.5. The first-order valence-corrected chi connectivity index (χ1v) is 5.25. The molecule has 1 aromatic rings. The molecule has 0 radical (unpaired) electrons. The highest BCUT2D eigenvalue weighted by Crippen LogP contribution is 2.16. The molecule has 6 heteroatoms. The van der Waals surface area contributed by atoms with Crippen molar-refractivity contribution in [1.29, 1.82) is 5.26 Å². The monoisotopic (exact) mass is 247 g/mol. The van der Waals surface area contributed by atoms with Gasteiger partial charge in [-0.05, 0) is 31.5 Å². The van der Waals surface area contributed by atoms with Crippen molar-refractivity contribution in [3.63, 3.8) is 0 Å². The molecule has 1 rings (SSSR count). The average molecular weight is 247 g/mol. The molecule has 0 saturated carbocycles. The minimum atomic E-state index is -1.12. The highest BCUT2D eigenvalue weighted by molar-refractivity contribution is 5.92. The van der Waals surface area contributed by atoms with Crippen LogP contribution in [0.25, 0.3) is 0 Å². The first-order chi connectivity index (χ1) is 8.43. The van der Waals surface area contributed by atoms with Crippen LogP contribution in [0.4, 0.5) is 10.5 Å². The predicted molar refractivity (Wildman–Crippen MR) is 65.1 cm³/mol. The van der Waals surface area contributed by atoms with Crippen molar-refractivity contribution in [2.45, 2.75) is 19.9 Å². The Kier molecular flexibility index (Phi) is 4.27. The number of carbonyl (C=O) groups excluding carboxylic acids is 1. The number of nitriles is 1. The molecule has 0 aliphatic heterocycles. The number of aliphatic carboxylic acids is 1. The van der Waals surface area contributed by atoms with Crippen LogP contribution in [-0.4, -0.2) is 23.1 Å². The van der Waals surface area contributed by atoms with E-state index in [1.807, 2.05) is 6.07 Å². The van der Waals surface area contributed by atoms with Crippen molar-refractivity contribution in [3.05, 3.63) is 29.3 Å². The van der Waals surface area contributed by atoms with Crippen LogP contribution < -0.4 is 10.6 Å². The number of nitrogens with one attached hydrogen (secondary N) is 2. The molecule has 0 spiro atoms. The summed E-state index contributed by atoms with van der Waals surface area (Å²) in [6.45, 7) is 3.14. The minimum absolute atomic E-state index is 0.419. The van der Waals surface area contributed by atoms with Crippen molar-refractivity contribution in [1.82, 2.24) is 5.32 Å². The summed E-state index contributed by atoms with van der Waals surface area (Å²) in [5.74, 6) is -1.12. The Bertz CT molecular complexity index is 520. The fourth-order valence-electron chi connectivity index (χ4n) is 1.24. The van der Waals surface area contributed by atoms with Crippen molar-refractivity contribution in [2.24, 2.45) is 0 Å². The number of carboxylic acid groups (broad SMARTS) is 1. The molecule has 1 aromatic carbocycles. The zero-order chi connectivity index (χ0) is 13.7. The van der Waals surface area contributed by atoms with Gasteiger partial charge in [0.25, 0.3) is 0 Å². The molecule has 0 fully saturated rings. The third-order valence-corrected chi connectivity index (χ3v) is 2.33. The molecule has 0 unspecified atom stereocenters. The predicted octanol–water partition coefficient (Wildman–Crippen LogP) is 1.46. The molecule has 94 valence electrons. The zero-order valence-electron chi connectivity index (χ0n) is 10.0. The van der Waals surface area contributed by atoms with E-state index in [1.54, 1.807) is 19.1 Å². The van der Waals surface area contributed by atoms with Gasteiger partial charge in [0.15, 0.2) is 0 Å². The van der Waals surface area contributed by atoms with Crippen LogP contribution in [0.15, 0.2) is 18.2 Å². The van der Waals surface area contributed by atoms with E-state index in [4.69, 9.17) is 10.4 Å². The van der Waals surface area contributed by atoms with E-state index in [0.717, 1.165) is 5.56 Å². The smallest absolute Gasteiger partial charge is 0.325 e. The van der Waals surface area contributed by atoms with E-state index in [1.165, 1.54) is 13.0 Å². The van der Waals surface area contributed by atoms with Gasteiger partial charge in [-0.3, -0.25) is 4.79 Å². The Hall–Kier alpha value is -2.55. The maximum Gasteiger partial charge on any atom is 0.325 e. The highest BCUT2D eigenvalue weighted by Gasteiger charge is 2.14. The van der Waals surface area contributed by atoms with Crippen LogP contribution in [0.2, 0.25) is 0 Å². The topological polar surface area (TPSA) is 102 Å². The van der Waals surface area contributed by atoms with Crippen LogP contribution >= 0.6 is 0 Å². The largest absolute Gasteiger partial charge is 0.480 e. The van der Waals surface area contributed by atoms with E-state index in [9.17, 15) is 9.59 Å². The number of nitrogens with zero attached hydrogens (tertiary/aromatic N) is 1. The highest BCUT2D eigenvalue weighted by atomic mass is 16.4. The van der Waals surface area contributed by atoms with E-state index < -0.39 is 18.0 Å². The average Bonchev–Trinajstić information content (AvgIpc) is 2.31. The second-order valence-electron chi connectivity index (χ2n) is 3.80. The van der Waals surface area contributed by atoms with Crippen molar-refractivity contribution in [3.8, 4) is 6.07 Å². The van der Waals surface area contributed by atoms with E-state index >= 15 is 0 Å². The molecule has 3 N–H and O–H groups in total. The van der Waals surface area contributed by atoms with E-state index in [0.29, 0.717) is 11.3 Å². The van der Waals surface area contributed by atoms with Gasteiger partial charge in [0.1, 0.15) is 6.04 Å². The molecule has 1 atom stereocenters. The summed E-state index contributed by atoms with van der Waals surface area (Å²) in [5.41, 5.74) is 1.68. The third kappa shape index (κ3) is 3.49. The van der Waals surface area contributed by atoms with Crippen LogP contribution in [0.3, 0.4) is 0 Å². The number of rotatable bonds is 3. The van der Waals surface area contributed by atoms with Gasteiger partial charge in [0, 0.05) is 5.69 Å². The molecule has 0 heterocycles. The molecular formula is C12H13N3O3. The third-order valence-electron chi connectivity index (χ3n) is 2.33. The zero-order valence-corrected chi connectivity index (χ0v) is 10.0. The Labute approximate surface area is 104 Å². The number of anilines is 1. The maximum atomic E-state index is 11.5. The fourth-order valence-corrected chi connectivity index (χ4v) is 1.24. The standard InChI is InChI=1S/C12H13N3O3/c1-7-3-4-9(6-13)5-10(7)15-12(18)14-8(2)11(16)17/h3-5,8H,1-2H3,(H,16,17)(H2,14,15,18)/t8-/m1/s1.